The second-order valence-corrected chi connectivity index (χ2v) is 5.68. The van der Waals surface area contributed by atoms with Gasteiger partial charge in [0.15, 0.2) is 0 Å². The number of hydrogen-bond acceptors (Lipinski definition) is 3. The van der Waals surface area contributed by atoms with E-state index >= 15 is 0 Å². The number of nitrogens with one attached hydrogen (secondary N) is 1. The van der Waals surface area contributed by atoms with Gasteiger partial charge in [-0.05, 0) is 37.7 Å². The lowest BCUT2D eigenvalue weighted by Gasteiger charge is -2.26. The average Bonchev–Trinajstić information content (AvgIpc) is 2.38. The smallest absolute Gasteiger partial charge is 0.339 e. The highest BCUT2D eigenvalue weighted by Crippen LogP contribution is 2.28. The summed E-state index contributed by atoms with van der Waals surface area (Å²) >= 11 is 0. The van der Waals surface area contributed by atoms with Gasteiger partial charge in [0.05, 0.1) is 5.69 Å². The summed E-state index contributed by atoms with van der Waals surface area (Å²) < 4.78 is 0. The van der Waals surface area contributed by atoms with Crippen LogP contribution in [-0.2, 0) is 0 Å². The third-order valence-electron chi connectivity index (χ3n) is 3.99. The molecule has 1 aliphatic rings. The number of anilines is 1. The van der Waals surface area contributed by atoms with Crippen LogP contribution in [0.1, 0.15) is 48.7 Å². The van der Waals surface area contributed by atoms with Crippen LogP contribution in [-0.4, -0.2) is 22.6 Å². The molecule has 1 fully saturated rings. The van der Waals surface area contributed by atoms with Crippen molar-refractivity contribution in [1.29, 1.82) is 0 Å². The molecule has 0 atom stereocenters. The summed E-state index contributed by atoms with van der Waals surface area (Å²) in [4.78, 5) is 15.2. The van der Waals surface area contributed by atoms with Crippen molar-refractivity contribution < 1.29 is 9.90 Å². The molecule has 1 aromatic heterocycles. The molecule has 0 spiro atoms. The third kappa shape index (κ3) is 3.69. The molecule has 2 N–H and O–H groups in total. The molecule has 0 unspecified atom stereocenters. The minimum Gasteiger partial charge on any atom is -0.478 e. The Morgan fingerprint density at radius 2 is 2.11 bits per heavy atom. The van der Waals surface area contributed by atoms with Crippen molar-refractivity contribution in [2.24, 2.45) is 11.8 Å². The van der Waals surface area contributed by atoms with E-state index in [0.717, 1.165) is 18.2 Å². The van der Waals surface area contributed by atoms with E-state index < -0.39 is 5.97 Å². The maximum atomic E-state index is 11.1. The van der Waals surface area contributed by atoms with Gasteiger partial charge in [0, 0.05) is 18.4 Å². The van der Waals surface area contributed by atoms with Gasteiger partial charge in [-0.25, -0.2) is 4.79 Å². The highest BCUT2D eigenvalue weighted by molar-refractivity contribution is 5.93. The second-order valence-electron chi connectivity index (χ2n) is 5.68. The van der Waals surface area contributed by atoms with E-state index in [9.17, 15) is 4.79 Å². The molecule has 0 saturated heterocycles. The first-order valence-corrected chi connectivity index (χ1v) is 7.00. The zero-order valence-electron chi connectivity index (χ0n) is 11.6. The third-order valence-corrected chi connectivity index (χ3v) is 3.99. The van der Waals surface area contributed by atoms with Crippen molar-refractivity contribution in [2.75, 3.05) is 11.9 Å². The number of nitrogens with zero attached hydrogens (tertiary/aromatic N) is 1. The number of hydrogen-bond donors (Lipinski definition) is 2. The van der Waals surface area contributed by atoms with E-state index in [-0.39, 0.29) is 5.56 Å². The lowest BCUT2D eigenvalue weighted by atomic mass is 9.83. The number of aromatic nitrogens is 1. The lowest BCUT2D eigenvalue weighted by Crippen LogP contribution is -2.21. The fraction of sp³-hybridized carbons (Fsp3) is 0.600. The minimum atomic E-state index is -0.924. The van der Waals surface area contributed by atoms with Crippen LogP contribution in [0, 0.1) is 18.8 Å². The van der Waals surface area contributed by atoms with E-state index in [4.69, 9.17) is 5.11 Å². The molecule has 19 heavy (non-hydrogen) atoms. The molecule has 0 aliphatic heterocycles. The van der Waals surface area contributed by atoms with Gasteiger partial charge in [0.1, 0.15) is 5.56 Å². The Kier molecular flexibility index (Phi) is 4.40. The number of aromatic carboxylic acids is 1. The van der Waals surface area contributed by atoms with E-state index in [2.05, 4.69) is 17.2 Å². The summed E-state index contributed by atoms with van der Waals surface area (Å²) in [6.07, 6.45) is 6.48. The fourth-order valence-corrected chi connectivity index (χ4v) is 2.66. The SMILES string of the molecule is Cc1cc(NCC2CCC(C)CC2)c(C(=O)O)cn1. The van der Waals surface area contributed by atoms with Crippen molar-refractivity contribution in [2.45, 2.75) is 39.5 Å². The highest BCUT2D eigenvalue weighted by atomic mass is 16.4. The molecule has 1 heterocycles. The largest absolute Gasteiger partial charge is 0.478 e. The minimum absolute atomic E-state index is 0.259. The summed E-state index contributed by atoms with van der Waals surface area (Å²) in [5, 5.41) is 12.4. The Hall–Kier alpha value is -1.58. The van der Waals surface area contributed by atoms with Gasteiger partial charge in [0.25, 0.3) is 0 Å². The number of pyridine rings is 1. The summed E-state index contributed by atoms with van der Waals surface area (Å²) in [6.45, 7) is 5.04. The van der Waals surface area contributed by atoms with Crippen molar-refractivity contribution >= 4 is 11.7 Å². The van der Waals surface area contributed by atoms with Crippen molar-refractivity contribution in [3.05, 3.63) is 23.5 Å². The van der Waals surface area contributed by atoms with Crippen LogP contribution in [0.2, 0.25) is 0 Å². The van der Waals surface area contributed by atoms with Gasteiger partial charge in [-0.1, -0.05) is 19.8 Å². The van der Waals surface area contributed by atoms with Crippen LogP contribution in [0.25, 0.3) is 0 Å². The molecule has 4 nitrogen and oxygen atoms in total. The molecule has 0 aromatic carbocycles. The molecule has 4 heteroatoms. The zero-order valence-corrected chi connectivity index (χ0v) is 11.6. The Morgan fingerprint density at radius 1 is 1.42 bits per heavy atom. The highest BCUT2D eigenvalue weighted by Gasteiger charge is 2.19. The molecule has 0 amide bonds. The summed E-state index contributed by atoms with van der Waals surface area (Å²) in [5.74, 6) is 0.576. The Bertz CT molecular complexity index is 451. The van der Waals surface area contributed by atoms with E-state index in [1.54, 1.807) is 0 Å². The zero-order chi connectivity index (χ0) is 13.8. The first-order chi connectivity index (χ1) is 9.06. The normalized spacial score (nSPS) is 23.1. The fourth-order valence-electron chi connectivity index (χ4n) is 2.66. The number of aryl methyl sites for hydroxylation is 1. The van der Waals surface area contributed by atoms with E-state index in [1.165, 1.54) is 31.9 Å². The molecular formula is C15H22N2O2. The van der Waals surface area contributed by atoms with Gasteiger partial charge < -0.3 is 10.4 Å². The lowest BCUT2D eigenvalue weighted by molar-refractivity contribution is 0.0697. The molecule has 1 aromatic rings. The molecule has 2 rings (SSSR count). The molecular weight excluding hydrogens is 240 g/mol. The number of carboxylic acids is 1. The van der Waals surface area contributed by atoms with Gasteiger partial charge in [-0.15, -0.1) is 0 Å². The predicted molar refractivity (Wildman–Crippen MR) is 75.5 cm³/mol. The average molecular weight is 262 g/mol. The van der Waals surface area contributed by atoms with Crippen LogP contribution in [0.3, 0.4) is 0 Å². The standard InChI is InChI=1S/C15H22N2O2/c1-10-3-5-12(6-4-10)8-17-14-7-11(2)16-9-13(14)15(18)19/h7,9-10,12H,3-6,8H2,1-2H3,(H,16,17)(H,18,19). The van der Waals surface area contributed by atoms with Crippen LogP contribution >= 0.6 is 0 Å². The summed E-state index contributed by atoms with van der Waals surface area (Å²) in [5.41, 5.74) is 1.79. The Labute approximate surface area is 114 Å². The van der Waals surface area contributed by atoms with E-state index in [0.29, 0.717) is 11.6 Å². The molecule has 0 bridgehead atoms. The number of carboxylic acid groups (broad SMARTS) is 1. The Morgan fingerprint density at radius 3 is 2.74 bits per heavy atom. The topological polar surface area (TPSA) is 62.2 Å². The van der Waals surface area contributed by atoms with Crippen molar-refractivity contribution in [3.8, 4) is 0 Å². The number of carbonyl (C=O) groups is 1. The molecule has 1 saturated carbocycles. The molecule has 0 radical (unpaired) electrons. The maximum Gasteiger partial charge on any atom is 0.339 e. The predicted octanol–water partition coefficient (Wildman–Crippen LogP) is 3.33. The van der Waals surface area contributed by atoms with Crippen LogP contribution in [0.5, 0.6) is 0 Å². The Balaban J connectivity index is 1.98. The number of rotatable bonds is 4. The van der Waals surface area contributed by atoms with Crippen molar-refractivity contribution in [1.82, 2.24) is 4.98 Å². The van der Waals surface area contributed by atoms with E-state index in [1.807, 2.05) is 13.0 Å². The quantitative estimate of drug-likeness (QED) is 0.873. The summed E-state index contributed by atoms with van der Waals surface area (Å²) in [6, 6.07) is 1.81. The van der Waals surface area contributed by atoms with Crippen molar-refractivity contribution in [3.63, 3.8) is 0 Å². The van der Waals surface area contributed by atoms with Gasteiger partial charge >= 0.3 is 5.97 Å². The van der Waals surface area contributed by atoms with Crippen LogP contribution < -0.4 is 5.32 Å². The molecule has 104 valence electrons. The van der Waals surface area contributed by atoms with Gasteiger partial charge in [-0.3, -0.25) is 4.98 Å². The maximum absolute atomic E-state index is 11.1. The van der Waals surface area contributed by atoms with Crippen LogP contribution in [0.4, 0.5) is 5.69 Å². The van der Waals surface area contributed by atoms with Gasteiger partial charge in [-0.2, -0.15) is 0 Å². The van der Waals surface area contributed by atoms with Crippen LogP contribution in [0.15, 0.2) is 12.3 Å². The first-order valence-electron chi connectivity index (χ1n) is 7.00. The monoisotopic (exact) mass is 262 g/mol. The first kappa shape index (κ1) is 13.8. The molecule has 1 aliphatic carbocycles. The van der Waals surface area contributed by atoms with Gasteiger partial charge in [0.2, 0.25) is 0 Å². The summed E-state index contributed by atoms with van der Waals surface area (Å²) in [7, 11) is 0. The second kappa shape index (κ2) is 6.04.